The molecule has 0 aliphatic carbocycles. The standard InChI is InChI=1S/C37H31P/c1-6-16-30(17-7-1)27-37(35-24-14-5-15-25-35)28-34(32-20-10-3-11-21-32)26-36(33-22-12-4-13-23-33)38(37)29-31-18-8-2-9-19-31/h1-26,28H,27,29H2. The summed E-state index contributed by atoms with van der Waals surface area (Å²) in [5, 5.41) is 1.30. The molecule has 2 atom stereocenters. The van der Waals surface area contributed by atoms with Crippen LogP contribution in [0, 0.1) is 0 Å². The molecule has 0 fully saturated rings. The van der Waals surface area contributed by atoms with Gasteiger partial charge in [-0.25, -0.2) is 0 Å². The van der Waals surface area contributed by atoms with Gasteiger partial charge in [0.15, 0.2) is 0 Å². The summed E-state index contributed by atoms with van der Waals surface area (Å²) in [6, 6.07) is 55.3. The molecule has 0 amide bonds. The maximum Gasteiger partial charge on any atom is 0.0425 e. The van der Waals surface area contributed by atoms with Crippen LogP contribution < -0.4 is 0 Å². The Morgan fingerprint density at radius 3 is 1.53 bits per heavy atom. The van der Waals surface area contributed by atoms with Crippen LogP contribution in [0.3, 0.4) is 0 Å². The number of hydrogen-bond donors (Lipinski definition) is 0. The Labute approximate surface area is 227 Å². The maximum atomic E-state index is 2.60. The Hall–Kier alpha value is -3.99. The zero-order valence-electron chi connectivity index (χ0n) is 21.4. The van der Waals surface area contributed by atoms with Crippen molar-refractivity contribution in [1.82, 2.24) is 0 Å². The van der Waals surface area contributed by atoms with Crippen LogP contribution in [0.25, 0.3) is 10.9 Å². The van der Waals surface area contributed by atoms with Gasteiger partial charge < -0.3 is 0 Å². The van der Waals surface area contributed by atoms with Crippen LogP contribution in [0.15, 0.2) is 164 Å². The summed E-state index contributed by atoms with van der Waals surface area (Å²) >= 11 is 0. The molecule has 0 saturated heterocycles. The Balaban J connectivity index is 1.64. The van der Waals surface area contributed by atoms with Gasteiger partial charge in [0.2, 0.25) is 0 Å². The highest BCUT2D eigenvalue weighted by Gasteiger charge is 2.43. The zero-order chi connectivity index (χ0) is 25.6. The molecule has 184 valence electrons. The third-order valence-electron chi connectivity index (χ3n) is 7.41. The minimum absolute atomic E-state index is 0.168. The maximum absolute atomic E-state index is 2.60. The Morgan fingerprint density at radius 1 is 0.474 bits per heavy atom. The molecule has 5 aromatic carbocycles. The average molecular weight is 507 g/mol. The number of benzene rings is 5. The first-order chi connectivity index (χ1) is 18.8. The van der Waals surface area contributed by atoms with Crippen LogP contribution in [-0.2, 0) is 17.7 Å². The van der Waals surface area contributed by atoms with Crippen LogP contribution in [0.4, 0.5) is 0 Å². The second-order valence-corrected chi connectivity index (χ2v) is 12.3. The van der Waals surface area contributed by atoms with Gasteiger partial charge in [-0.2, -0.15) is 0 Å². The van der Waals surface area contributed by atoms with Gasteiger partial charge in [-0.05, 0) is 57.4 Å². The Bertz CT molecular complexity index is 1520. The number of allylic oxidation sites excluding steroid dienone is 3. The Kier molecular flexibility index (Phi) is 7.16. The van der Waals surface area contributed by atoms with Gasteiger partial charge in [0, 0.05) is 5.16 Å². The van der Waals surface area contributed by atoms with Crippen LogP contribution >= 0.6 is 7.92 Å². The quantitative estimate of drug-likeness (QED) is 0.193. The van der Waals surface area contributed by atoms with E-state index >= 15 is 0 Å². The van der Waals surface area contributed by atoms with Crippen molar-refractivity contribution in [2.45, 2.75) is 17.7 Å². The van der Waals surface area contributed by atoms with E-state index < -0.39 is 7.92 Å². The van der Waals surface area contributed by atoms with Crippen molar-refractivity contribution >= 4 is 18.8 Å². The summed E-state index contributed by atoms with van der Waals surface area (Å²) in [5.74, 6) is 0. The first kappa shape index (κ1) is 24.4. The van der Waals surface area contributed by atoms with Crippen LogP contribution in [0.2, 0.25) is 0 Å². The van der Waals surface area contributed by atoms with Crippen LogP contribution in [0.5, 0.6) is 0 Å². The van der Waals surface area contributed by atoms with E-state index in [4.69, 9.17) is 0 Å². The van der Waals surface area contributed by atoms with E-state index in [-0.39, 0.29) is 5.16 Å². The molecule has 1 heterocycles. The lowest BCUT2D eigenvalue weighted by atomic mass is 9.87. The van der Waals surface area contributed by atoms with E-state index in [2.05, 4.69) is 164 Å². The van der Waals surface area contributed by atoms with Gasteiger partial charge in [-0.1, -0.05) is 166 Å². The monoisotopic (exact) mass is 506 g/mol. The molecule has 6 rings (SSSR count). The molecule has 1 aliphatic rings. The number of hydrogen-bond acceptors (Lipinski definition) is 0. The average Bonchev–Trinajstić information content (AvgIpc) is 3.00. The van der Waals surface area contributed by atoms with Gasteiger partial charge in [0.1, 0.15) is 0 Å². The minimum Gasteiger partial charge on any atom is -0.0622 e. The van der Waals surface area contributed by atoms with Gasteiger partial charge in [0.05, 0.1) is 0 Å². The first-order valence-corrected chi connectivity index (χ1v) is 14.8. The zero-order valence-corrected chi connectivity index (χ0v) is 22.3. The lowest BCUT2D eigenvalue weighted by molar-refractivity contribution is 0.749. The fourth-order valence-corrected chi connectivity index (χ4v) is 8.92. The molecule has 5 aromatic rings. The second-order valence-electron chi connectivity index (χ2n) is 9.89. The van der Waals surface area contributed by atoms with E-state index in [1.165, 1.54) is 38.7 Å². The second kappa shape index (κ2) is 11.2. The van der Waals surface area contributed by atoms with E-state index in [1.54, 1.807) is 0 Å². The molecule has 0 radical (unpaired) electrons. The molecule has 0 aromatic heterocycles. The fourth-order valence-electron chi connectivity index (χ4n) is 5.58. The van der Waals surface area contributed by atoms with Crippen molar-refractivity contribution < 1.29 is 0 Å². The number of rotatable bonds is 7. The summed E-state index contributed by atoms with van der Waals surface area (Å²) in [4.78, 5) is 0. The largest absolute Gasteiger partial charge is 0.0622 e. The van der Waals surface area contributed by atoms with Crippen molar-refractivity contribution in [3.63, 3.8) is 0 Å². The van der Waals surface area contributed by atoms with E-state index in [0.29, 0.717) is 0 Å². The van der Waals surface area contributed by atoms with Crippen molar-refractivity contribution in [2.24, 2.45) is 0 Å². The van der Waals surface area contributed by atoms with E-state index in [1.807, 2.05) is 0 Å². The van der Waals surface area contributed by atoms with Crippen molar-refractivity contribution in [1.29, 1.82) is 0 Å². The highest BCUT2D eigenvalue weighted by atomic mass is 31.1. The molecule has 0 N–H and O–H groups in total. The van der Waals surface area contributed by atoms with Gasteiger partial charge in [-0.3, -0.25) is 0 Å². The van der Waals surface area contributed by atoms with Crippen molar-refractivity contribution in [3.05, 3.63) is 192 Å². The van der Waals surface area contributed by atoms with Crippen LogP contribution in [0.1, 0.15) is 27.8 Å². The molecule has 0 bridgehead atoms. The predicted molar refractivity (Wildman–Crippen MR) is 164 cm³/mol. The summed E-state index contributed by atoms with van der Waals surface area (Å²) in [5.41, 5.74) is 8.05. The molecule has 1 aliphatic heterocycles. The summed E-state index contributed by atoms with van der Waals surface area (Å²) in [6.45, 7) is 0. The van der Waals surface area contributed by atoms with E-state index in [0.717, 1.165) is 12.6 Å². The summed E-state index contributed by atoms with van der Waals surface area (Å²) in [7, 11) is -0.668. The predicted octanol–water partition coefficient (Wildman–Crippen LogP) is 9.94. The molecule has 0 spiro atoms. The molecule has 2 unspecified atom stereocenters. The highest BCUT2D eigenvalue weighted by Crippen LogP contribution is 2.70. The minimum atomic E-state index is -0.668. The SMILES string of the molecule is C1=C(c2ccccc2)C=C(c2ccccc2)P(Cc2ccccc2)C1(Cc1ccccc1)c1ccccc1. The fraction of sp³-hybridized carbons (Fsp3) is 0.0811. The first-order valence-electron chi connectivity index (χ1n) is 13.3. The molecular formula is C37H31P. The summed E-state index contributed by atoms with van der Waals surface area (Å²) < 4.78 is 0. The molecule has 0 nitrogen and oxygen atoms in total. The molecule has 0 saturated carbocycles. The van der Waals surface area contributed by atoms with Crippen molar-refractivity contribution in [3.8, 4) is 0 Å². The molecule has 1 heteroatoms. The third-order valence-corrected chi connectivity index (χ3v) is 10.6. The third kappa shape index (κ3) is 5.06. The lowest BCUT2D eigenvalue weighted by Gasteiger charge is -2.45. The summed E-state index contributed by atoms with van der Waals surface area (Å²) in [6.07, 6.45) is 7.06. The molecule has 38 heavy (non-hydrogen) atoms. The van der Waals surface area contributed by atoms with Gasteiger partial charge in [-0.15, -0.1) is 0 Å². The lowest BCUT2D eigenvalue weighted by Crippen LogP contribution is -2.28. The van der Waals surface area contributed by atoms with E-state index in [9.17, 15) is 0 Å². The smallest absolute Gasteiger partial charge is 0.0425 e. The van der Waals surface area contributed by atoms with Crippen molar-refractivity contribution in [2.75, 3.05) is 0 Å². The van der Waals surface area contributed by atoms with Gasteiger partial charge >= 0.3 is 0 Å². The topological polar surface area (TPSA) is 0 Å². The highest BCUT2D eigenvalue weighted by molar-refractivity contribution is 7.69. The van der Waals surface area contributed by atoms with Gasteiger partial charge in [0.25, 0.3) is 0 Å². The molecular weight excluding hydrogens is 475 g/mol. The van der Waals surface area contributed by atoms with Crippen LogP contribution in [-0.4, -0.2) is 0 Å². The Morgan fingerprint density at radius 2 is 0.947 bits per heavy atom. The normalized spacial score (nSPS) is 18.9.